The lowest BCUT2D eigenvalue weighted by molar-refractivity contribution is 0.00461. The van der Waals surface area contributed by atoms with Gasteiger partial charge in [-0.25, -0.2) is 4.79 Å². The van der Waals surface area contributed by atoms with Crippen LogP contribution in [0.15, 0.2) is 43.0 Å². The monoisotopic (exact) mass is 316 g/mol. The van der Waals surface area contributed by atoms with Crippen LogP contribution in [-0.2, 0) is 11.2 Å². The van der Waals surface area contributed by atoms with E-state index in [1.54, 1.807) is 4.90 Å². The second-order valence-electron chi connectivity index (χ2n) is 7.12. The fraction of sp³-hybridized carbons (Fsp3) is 0.526. The number of carbonyl (C=O) groups excluding carboxylic acids is 1. The van der Waals surface area contributed by atoms with Gasteiger partial charge in [-0.1, -0.05) is 36.4 Å². The number of aryl methyl sites for hydroxylation is 1. The van der Waals surface area contributed by atoms with Crippen LogP contribution in [0, 0.1) is 0 Å². The van der Waals surface area contributed by atoms with Gasteiger partial charge in [0, 0.05) is 25.2 Å². The fourth-order valence-electron chi connectivity index (χ4n) is 2.60. The minimum atomic E-state index is -0.436. The molecule has 1 atom stereocenters. The van der Waals surface area contributed by atoms with E-state index in [0.717, 1.165) is 12.8 Å². The van der Waals surface area contributed by atoms with Crippen molar-refractivity contribution < 1.29 is 9.53 Å². The summed E-state index contributed by atoms with van der Waals surface area (Å²) in [5.74, 6) is 0. The van der Waals surface area contributed by atoms with Gasteiger partial charge in [-0.2, -0.15) is 0 Å². The second kappa shape index (κ2) is 7.64. The summed E-state index contributed by atoms with van der Waals surface area (Å²) in [6, 6.07) is 11.0. The molecule has 4 heteroatoms. The number of carbonyl (C=O) groups is 1. The number of benzene rings is 1. The molecule has 1 aromatic carbocycles. The van der Waals surface area contributed by atoms with E-state index in [4.69, 9.17) is 4.74 Å². The van der Waals surface area contributed by atoms with Crippen molar-refractivity contribution in [2.75, 3.05) is 13.1 Å². The molecule has 0 aromatic heterocycles. The minimum absolute atomic E-state index is 0.227. The first-order chi connectivity index (χ1) is 10.9. The highest BCUT2D eigenvalue weighted by Crippen LogP contribution is 2.16. The molecule has 1 amide bonds. The van der Waals surface area contributed by atoms with Crippen molar-refractivity contribution in [1.82, 2.24) is 10.2 Å². The molecule has 1 aliphatic heterocycles. The van der Waals surface area contributed by atoms with Gasteiger partial charge in [0.15, 0.2) is 0 Å². The van der Waals surface area contributed by atoms with Gasteiger partial charge in [0.25, 0.3) is 0 Å². The SMILES string of the molecule is C=C[C@@H](CCc1ccccc1)NC1CN(C(=O)OC(C)(C)C)C1. The largest absolute Gasteiger partial charge is 0.444 e. The summed E-state index contributed by atoms with van der Waals surface area (Å²) in [5, 5.41) is 3.55. The lowest BCUT2D eigenvalue weighted by Crippen LogP contribution is -2.62. The lowest BCUT2D eigenvalue weighted by Gasteiger charge is -2.41. The first kappa shape index (κ1) is 17.5. The van der Waals surface area contributed by atoms with Crippen LogP contribution in [-0.4, -0.2) is 41.8 Å². The van der Waals surface area contributed by atoms with Crippen LogP contribution in [0.25, 0.3) is 0 Å². The second-order valence-corrected chi connectivity index (χ2v) is 7.12. The van der Waals surface area contributed by atoms with Gasteiger partial charge in [0.2, 0.25) is 0 Å². The average Bonchev–Trinajstić information content (AvgIpc) is 2.44. The van der Waals surface area contributed by atoms with Gasteiger partial charge >= 0.3 is 6.09 Å². The Balaban J connectivity index is 1.70. The third kappa shape index (κ3) is 5.71. The predicted octanol–water partition coefficient (Wildman–Crippen LogP) is 3.38. The number of hydrogen-bond donors (Lipinski definition) is 1. The van der Waals surface area contributed by atoms with Crippen LogP contribution in [0.1, 0.15) is 32.8 Å². The molecule has 1 N–H and O–H groups in total. The number of ether oxygens (including phenoxy) is 1. The third-order valence-corrected chi connectivity index (χ3v) is 3.85. The summed E-state index contributed by atoms with van der Waals surface area (Å²) in [7, 11) is 0. The fourth-order valence-corrected chi connectivity index (χ4v) is 2.60. The van der Waals surface area contributed by atoms with Gasteiger partial charge in [0.05, 0.1) is 0 Å². The summed E-state index contributed by atoms with van der Waals surface area (Å²) in [6.45, 7) is 11.0. The molecule has 0 aliphatic carbocycles. The van der Waals surface area contributed by atoms with E-state index in [1.807, 2.05) is 32.9 Å². The maximum atomic E-state index is 11.9. The van der Waals surface area contributed by atoms with Crippen LogP contribution < -0.4 is 5.32 Å². The first-order valence-corrected chi connectivity index (χ1v) is 8.28. The molecule has 126 valence electrons. The Morgan fingerprint density at radius 2 is 2.04 bits per heavy atom. The molecule has 4 nitrogen and oxygen atoms in total. The molecule has 0 spiro atoms. The Morgan fingerprint density at radius 1 is 1.39 bits per heavy atom. The standard InChI is InChI=1S/C19H28N2O2/c1-5-16(12-11-15-9-7-6-8-10-15)20-17-13-21(14-17)18(22)23-19(2,3)4/h5-10,16-17,20H,1,11-14H2,2-4H3/t16-/m0/s1. The molecule has 1 aliphatic rings. The van der Waals surface area contributed by atoms with E-state index in [-0.39, 0.29) is 12.1 Å². The highest BCUT2D eigenvalue weighted by molar-refractivity contribution is 5.69. The quantitative estimate of drug-likeness (QED) is 0.818. The van der Waals surface area contributed by atoms with E-state index in [0.29, 0.717) is 19.1 Å². The van der Waals surface area contributed by atoms with Crippen molar-refractivity contribution in [1.29, 1.82) is 0 Å². The van der Waals surface area contributed by atoms with Crippen molar-refractivity contribution in [3.05, 3.63) is 48.6 Å². The van der Waals surface area contributed by atoms with Crippen molar-refractivity contribution in [2.24, 2.45) is 0 Å². The smallest absolute Gasteiger partial charge is 0.410 e. The zero-order chi connectivity index (χ0) is 16.9. The van der Waals surface area contributed by atoms with Crippen LogP contribution >= 0.6 is 0 Å². The van der Waals surface area contributed by atoms with E-state index >= 15 is 0 Å². The Hall–Kier alpha value is -1.81. The molecule has 0 bridgehead atoms. The lowest BCUT2D eigenvalue weighted by atomic mass is 10.0. The number of nitrogens with zero attached hydrogens (tertiary/aromatic N) is 1. The molecule has 0 saturated carbocycles. The zero-order valence-corrected chi connectivity index (χ0v) is 14.4. The van der Waals surface area contributed by atoms with Gasteiger partial charge in [-0.3, -0.25) is 0 Å². The van der Waals surface area contributed by atoms with Gasteiger partial charge in [0.1, 0.15) is 5.60 Å². The molecule has 1 heterocycles. The van der Waals surface area contributed by atoms with E-state index < -0.39 is 5.60 Å². The molecule has 23 heavy (non-hydrogen) atoms. The van der Waals surface area contributed by atoms with Crippen LogP contribution in [0.5, 0.6) is 0 Å². The van der Waals surface area contributed by atoms with Gasteiger partial charge in [-0.15, -0.1) is 6.58 Å². The molecule has 1 saturated heterocycles. The van der Waals surface area contributed by atoms with E-state index in [1.165, 1.54) is 5.56 Å². The van der Waals surface area contributed by atoms with Crippen molar-refractivity contribution in [2.45, 2.75) is 51.3 Å². The zero-order valence-electron chi connectivity index (χ0n) is 14.4. The number of rotatable bonds is 6. The predicted molar refractivity (Wildman–Crippen MR) is 93.5 cm³/mol. The number of hydrogen-bond acceptors (Lipinski definition) is 3. The summed E-state index contributed by atoms with van der Waals surface area (Å²) in [6.07, 6.45) is 3.76. The highest BCUT2D eigenvalue weighted by atomic mass is 16.6. The van der Waals surface area contributed by atoms with Crippen molar-refractivity contribution >= 4 is 6.09 Å². The average molecular weight is 316 g/mol. The summed E-state index contributed by atoms with van der Waals surface area (Å²) >= 11 is 0. The molecule has 1 fully saturated rings. The molecule has 0 radical (unpaired) electrons. The Morgan fingerprint density at radius 3 is 2.61 bits per heavy atom. The van der Waals surface area contributed by atoms with Crippen molar-refractivity contribution in [3.63, 3.8) is 0 Å². The number of likely N-dealkylation sites (tertiary alicyclic amines) is 1. The first-order valence-electron chi connectivity index (χ1n) is 8.28. The molecule has 0 unspecified atom stereocenters. The Labute approximate surface area is 139 Å². The van der Waals surface area contributed by atoms with Gasteiger partial charge < -0.3 is 15.0 Å². The Kier molecular flexibility index (Phi) is 5.83. The van der Waals surface area contributed by atoms with Crippen LogP contribution in [0.4, 0.5) is 4.79 Å². The Bertz CT molecular complexity index is 516. The van der Waals surface area contributed by atoms with Crippen LogP contribution in [0.3, 0.4) is 0 Å². The summed E-state index contributed by atoms with van der Waals surface area (Å²) in [4.78, 5) is 13.6. The summed E-state index contributed by atoms with van der Waals surface area (Å²) in [5.41, 5.74) is 0.903. The minimum Gasteiger partial charge on any atom is -0.444 e. The molecule has 1 aromatic rings. The van der Waals surface area contributed by atoms with Gasteiger partial charge in [-0.05, 0) is 39.2 Å². The van der Waals surface area contributed by atoms with E-state index in [2.05, 4.69) is 36.2 Å². The molecule has 2 rings (SSSR count). The maximum absolute atomic E-state index is 11.9. The maximum Gasteiger partial charge on any atom is 0.410 e. The van der Waals surface area contributed by atoms with Crippen LogP contribution in [0.2, 0.25) is 0 Å². The topological polar surface area (TPSA) is 41.6 Å². The number of nitrogens with one attached hydrogen (secondary N) is 1. The third-order valence-electron chi connectivity index (χ3n) is 3.85. The normalized spacial score (nSPS) is 16.6. The highest BCUT2D eigenvalue weighted by Gasteiger charge is 2.34. The van der Waals surface area contributed by atoms with Crippen molar-refractivity contribution in [3.8, 4) is 0 Å². The molecular weight excluding hydrogens is 288 g/mol. The van der Waals surface area contributed by atoms with E-state index in [9.17, 15) is 4.79 Å². The molecular formula is C19H28N2O2. The summed E-state index contributed by atoms with van der Waals surface area (Å²) < 4.78 is 5.37. The number of amides is 1.